The maximum Gasteiger partial charge on any atom is 0.496 e. The molecule has 122 valence electrons. The van der Waals surface area contributed by atoms with Gasteiger partial charge in [0.15, 0.2) is 0 Å². The van der Waals surface area contributed by atoms with Crippen molar-refractivity contribution in [3.05, 3.63) is 30.9 Å². The van der Waals surface area contributed by atoms with Crippen molar-refractivity contribution in [2.24, 2.45) is 0 Å². The van der Waals surface area contributed by atoms with Crippen LogP contribution in [0, 0.1) is 0 Å². The SMILES string of the molecule is CC1(C)OB(c2cnc3oc(-c4cnccn4)nc3c2)OC1(C)C. The summed E-state index contributed by atoms with van der Waals surface area (Å²) in [5.41, 5.74) is 1.63. The molecule has 0 radical (unpaired) electrons. The first-order valence-electron chi connectivity index (χ1n) is 7.74. The molecule has 0 unspecified atom stereocenters. The summed E-state index contributed by atoms with van der Waals surface area (Å²) >= 11 is 0. The van der Waals surface area contributed by atoms with Gasteiger partial charge in [-0.2, -0.15) is 0 Å². The van der Waals surface area contributed by atoms with Gasteiger partial charge in [0.25, 0.3) is 0 Å². The van der Waals surface area contributed by atoms with Crippen molar-refractivity contribution in [3.63, 3.8) is 0 Å². The topological polar surface area (TPSA) is 83.2 Å². The van der Waals surface area contributed by atoms with Crippen LogP contribution in [0.1, 0.15) is 27.7 Å². The largest absolute Gasteiger partial charge is 0.496 e. The molecule has 1 fully saturated rings. The van der Waals surface area contributed by atoms with Gasteiger partial charge in [-0.05, 0) is 33.8 Å². The van der Waals surface area contributed by atoms with Gasteiger partial charge in [-0.25, -0.2) is 15.0 Å². The molecule has 0 saturated carbocycles. The monoisotopic (exact) mass is 324 g/mol. The van der Waals surface area contributed by atoms with Gasteiger partial charge >= 0.3 is 7.12 Å². The number of fused-ring (bicyclic) bond motifs is 1. The van der Waals surface area contributed by atoms with Crippen LogP contribution in [0.15, 0.2) is 35.3 Å². The van der Waals surface area contributed by atoms with Gasteiger partial charge < -0.3 is 13.7 Å². The normalized spacial score (nSPS) is 19.1. The third kappa shape index (κ3) is 2.38. The first kappa shape index (κ1) is 15.2. The molecule has 0 bridgehead atoms. The van der Waals surface area contributed by atoms with Crippen molar-refractivity contribution >= 4 is 23.8 Å². The molecule has 0 N–H and O–H groups in total. The lowest BCUT2D eigenvalue weighted by Gasteiger charge is -2.32. The summed E-state index contributed by atoms with van der Waals surface area (Å²) in [7, 11) is -0.483. The predicted molar refractivity (Wildman–Crippen MR) is 88.5 cm³/mol. The molecule has 1 aliphatic heterocycles. The fourth-order valence-electron chi connectivity index (χ4n) is 2.47. The number of hydrogen-bond donors (Lipinski definition) is 0. The Labute approximate surface area is 139 Å². The van der Waals surface area contributed by atoms with E-state index in [1.165, 1.54) is 0 Å². The molecule has 0 spiro atoms. The van der Waals surface area contributed by atoms with E-state index >= 15 is 0 Å². The summed E-state index contributed by atoms with van der Waals surface area (Å²) in [6.07, 6.45) is 6.48. The Morgan fingerprint density at radius 1 is 0.958 bits per heavy atom. The zero-order chi connectivity index (χ0) is 16.9. The summed E-state index contributed by atoms with van der Waals surface area (Å²) in [5.74, 6) is 0.386. The molecule has 0 aliphatic carbocycles. The number of rotatable bonds is 2. The fourth-order valence-corrected chi connectivity index (χ4v) is 2.47. The summed E-state index contributed by atoms with van der Waals surface area (Å²) in [5, 5.41) is 0. The quantitative estimate of drug-likeness (QED) is 0.666. The number of aromatic nitrogens is 4. The Balaban J connectivity index is 1.70. The van der Waals surface area contributed by atoms with E-state index in [0.29, 0.717) is 22.8 Å². The minimum Gasteiger partial charge on any atom is -0.416 e. The Kier molecular flexibility index (Phi) is 3.23. The standard InChI is InChI=1S/C16H17BN4O3/c1-15(2)16(3,4)24-17(23-15)10-7-11-13(20-8-10)22-14(21-11)12-9-18-5-6-19-12/h5-9H,1-4H3. The summed E-state index contributed by atoms with van der Waals surface area (Å²) in [4.78, 5) is 17.0. The van der Waals surface area contributed by atoms with Crippen LogP contribution in [-0.4, -0.2) is 38.3 Å². The second-order valence-electron chi connectivity index (χ2n) is 6.79. The summed E-state index contributed by atoms with van der Waals surface area (Å²) in [6.45, 7) is 8.06. The van der Waals surface area contributed by atoms with Crippen LogP contribution in [0.4, 0.5) is 0 Å². The molecule has 24 heavy (non-hydrogen) atoms. The van der Waals surface area contributed by atoms with Gasteiger partial charge in [0, 0.05) is 24.1 Å². The van der Waals surface area contributed by atoms with E-state index in [-0.39, 0.29) is 0 Å². The van der Waals surface area contributed by atoms with Gasteiger partial charge in [-0.1, -0.05) is 0 Å². The lowest BCUT2D eigenvalue weighted by molar-refractivity contribution is 0.00578. The van der Waals surface area contributed by atoms with Gasteiger partial charge in [-0.3, -0.25) is 4.98 Å². The highest BCUT2D eigenvalue weighted by Crippen LogP contribution is 2.36. The number of nitrogens with zero attached hydrogens (tertiary/aromatic N) is 4. The summed E-state index contributed by atoms with van der Waals surface area (Å²) in [6, 6.07) is 1.87. The fraction of sp³-hybridized carbons (Fsp3) is 0.375. The zero-order valence-corrected chi connectivity index (χ0v) is 14.0. The Morgan fingerprint density at radius 2 is 1.71 bits per heavy atom. The third-order valence-corrected chi connectivity index (χ3v) is 4.58. The smallest absolute Gasteiger partial charge is 0.416 e. The van der Waals surface area contributed by atoms with Gasteiger partial charge in [-0.15, -0.1) is 0 Å². The molecule has 0 amide bonds. The molecule has 4 heterocycles. The summed E-state index contributed by atoms with van der Waals surface area (Å²) < 4.78 is 17.7. The Hall–Kier alpha value is -2.32. The average Bonchev–Trinajstić information content (AvgIpc) is 3.06. The van der Waals surface area contributed by atoms with Gasteiger partial charge in [0.2, 0.25) is 11.6 Å². The first-order chi connectivity index (χ1) is 11.4. The molecule has 0 atom stereocenters. The van der Waals surface area contributed by atoms with Gasteiger partial charge in [0.1, 0.15) is 11.2 Å². The Bertz CT molecular complexity index is 879. The van der Waals surface area contributed by atoms with E-state index in [2.05, 4.69) is 19.9 Å². The molecule has 4 rings (SSSR count). The zero-order valence-electron chi connectivity index (χ0n) is 14.0. The van der Waals surface area contributed by atoms with Crippen LogP contribution < -0.4 is 5.46 Å². The van der Waals surface area contributed by atoms with Crippen molar-refractivity contribution in [1.29, 1.82) is 0 Å². The molecule has 0 aromatic carbocycles. The molecule has 1 aliphatic rings. The number of pyridine rings is 1. The first-order valence-corrected chi connectivity index (χ1v) is 7.74. The van der Waals surface area contributed by atoms with E-state index in [1.807, 2.05) is 33.8 Å². The van der Waals surface area contributed by atoms with Crippen LogP contribution >= 0.6 is 0 Å². The molecular weight excluding hydrogens is 307 g/mol. The van der Waals surface area contributed by atoms with Crippen molar-refractivity contribution in [2.75, 3.05) is 0 Å². The second kappa shape index (κ2) is 5.09. The lowest BCUT2D eigenvalue weighted by atomic mass is 9.80. The van der Waals surface area contributed by atoms with Crippen molar-refractivity contribution < 1.29 is 13.7 Å². The van der Waals surface area contributed by atoms with E-state index < -0.39 is 18.3 Å². The third-order valence-electron chi connectivity index (χ3n) is 4.58. The van der Waals surface area contributed by atoms with Crippen LogP contribution in [-0.2, 0) is 9.31 Å². The lowest BCUT2D eigenvalue weighted by Crippen LogP contribution is -2.41. The highest BCUT2D eigenvalue weighted by molar-refractivity contribution is 6.62. The molecule has 7 nitrogen and oxygen atoms in total. The van der Waals surface area contributed by atoms with Crippen LogP contribution in [0.25, 0.3) is 22.8 Å². The molecule has 3 aromatic rings. The van der Waals surface area contributed by atoms with E-state index in [4.69, 9.17) is 13.7 Å². The minimum atomic E-state index is -0.483. The van der Waals surface area contributed by atoms with E-state index in [1.54, 1.807) is 24.8 Å². The van der Waals surface area contributed by atoms with Crippen LogP contribution in [0.2, 0.25) is 0 Å². The second-order valence-corrected chi connectivity index (χ2v) is 6.79. The Morgan fingerprint density at radius 3 is 2.38 bits per heavy atom. The number of hydrogen-bond acceptors (Lipinski definition) is 7. The van der Waals surface area contributed by atoms with Crippen molar-refractivity contribution in [1.82, 2.24) is 19.9 Å². The van der Waals surface area contributed by atoms with Crippen molar-refractivity contribution in [3.8, 4) is 11.6 Å². The maximum absolute atomic E-state index is 6.05. The average molecular weight is 324 g/mol. The highest BCUT2D eigenvalue weighted by atomic mass is 16.7. The van der Waals surface area contributed by atoms with Crippen molar-refractivity contribution in [2.45, 2.75) is 38.9 Å². The van der Waals surface area contributed by atoms with Crippen LogP contribution in [0.3, 0.4) is 0 Å². The van der Waals surface area contributed by atoms with Gasteiger partial charge in [0.05, 0.1) is 17.4 Å². The van der Waals surface area contributed by atoms with E-state index in [9.17, 15) is 0 Å². The van der Waals surface area contributed by atoms with Crippen LogP contribution in [0.5, 0.6) is 0 Å². The molecular formula is C16H17BN4O3. The minimum absolute atomic E-state index is 0.386. The highest BCUT2D eigenvalue weighted by Gasteiger charge is 2.51. The molecule has 3 aromatic heterocycles. The molecule has 8 heteroatoms. The maximum atomic E-state index is 6.05. The number of oxazole rings is 1. The predicted octanol–water partition coefficient (Wildman–Crippen LogP) is 1.98. The molecule has 1 saturated heterocycles. The van der Waals surface area contributed by atoms with E-state index in [0.717, 1.165) is 5.46 Å².